The third-order valence-corrected chi connectivity index (χ3v) is 4.13. The van der Waals surface area contributed by atoms with E-state index in [0.29, 0.717) is 6.42 Å². The quantitative estimate of drug-likeness (QED) is 0.902. The molecule has 0 aromatic heterocycles. The molecule has 0 amide bonds. The first kappa shape index (κ1) is 14.8. The minimum atomic E-state index is -0.375. The summed E-state index contributed by atoms with van der Waals surface area (Å²) in [6, 6.07) is 4.85. The highest BCUT2D eigenvalue weighted by molar-refractivity contribution is 8.00. The van der Waals surface area contributed by atoms with Gasteiger partial charge in [-0.25, -0.2) is 4.39 Å². The smallest absolute Gasteiger partial charge is 0.142 e. The highest BCUT2D eigenvalue weighted by Crippen LogP contribution is 2.25. The van der Waals surface area contributed by atoms with Crippen molar-refractivity contribution in [1.29, 1.82) is 0 Å². The molecule has 0 heterocycles. The third-order valence-electron chi connectivity index (χ3n) is 2.24. The van der Waals surface area contributed by atoms with Crippen LogP contribution in [-0.2, 0) is 6.42 Å². The Morgan fingerprint density at radius 3 is 2.65 bits per heavy atom. The lowest BCUT2D eigenvalue weighted by Gasteiger charge is -2.20. The van der Waals surface area contributed by atoms with E-state index < -0.39 is 0 Å². The van der Waals surface area contributed by atoms with Gasteiger partial charge in [0.05, 0.1) is 5.02 Å². The Morgan fingerprint density at radius 2 is 2.06 bits per heavy atom. The first-order valence-corrected chi connectivity index (χ1v) is 6.98. The monoisotopic (exact) mass is 275 g/mol. The molecule has 1 atom stereocenters. The van der Waals surface area contributed by atoms with Gasteiger partial charge in [-0.15, -0.1) is 0 Å². The summed E-state index contributed by atoms with van der Waals surface area (Å²) in [6.45, 7) is 6.46. The van der Waals surface area contributed by atoms with Gasteiger partial charge in [0.2, 0.25) is 0 Å². The van der Waals surface area contributed by atoms with Crippen molar-refractivity contribution in [3.05, 3.63) is 34.6 Å². The van der Waals surface area contributed by atoms with Crippen LogP contribution in [0.1, 0.15) is 26.3 Å². The van der Waals surface area contributed by atoms with E-state index in [1.165, 1.54) is 6.07 Å². The highest BCUT2D eigenvalue weighted by Gasteiger charge is 2.15. The summed E-state index contributed by atoms with van der Waals surface area (Å²) < 4.78 is 13.4. The van der Waals surface area contributed by atoms with Crippen molar-refractivity contribution >= 4 is 23.4 Å². The van der Waals surface area contributed by atoms with Gasteiger partial charge in [-0.05, 0) is 18.1 Å². The molecule has 1 aromatic rings. The molecule has 4 heteroatoms. The number of hydrogen-bond acceptors (Lipinski definition) is 2. The van der Waals surface area contributed by atoms with Crippen molar-refractivity contribution in [2.75, 3.05) is 5.75 Å². The van der Waals surface area contributed by atoms with Crippen LogP contribution in [-0.4, -0.2) is 16.5 Å². The summed E-state index contributed by atoms with van der Waals surface area (Å²) in [4.78, 5) is 0. The van der Waals surface area contributed by atoms with Crippen LogP contribution in [0, 0.1) is 5.82 Å². The largest absolute Gasteiger partial charge is 0.327 e. The molecule has 17 heavy (non-hydrogen) atoms. The van der Waals surface area contributed by atoms with Gasteiger partial charge >= 0.3 is 0 Å². The predicted octanol–water partition coefficient (Wildman–Crippen LogP) is 3.88. The molecule has 0 aliphatic heterocycles. The van der Waals surface area contributed by atoms with Crippen LogP contribution in [0.4, 0.5) is 4.39 Å². The van der Waals surface area contributed by atoms with Crippen molar-refractivity contribution < 1.29 is 4.39 Å². The zero-order valence-corrected chi connectivity index (χ0v) is 12.0. The molecule has 2 N–H and O–H groups in total. The second-order valence-corrected chi connectivity index (χ2v) is 7.33. The van der Waals surface area contributed by atoms with Crippen molar-refractivity contribution in [2.45, 2.75) is 38.0 Å². The Hall–Kier alpha value is -0.250. The SMILES string of the molecule is CC(C)(C)SCC(N)Cc1cccc(F)c1Cl. The molecule has 0 saturated heterocycles. The standard InChI is InChI=1S/C13H19ClFNS/c1-13(2,3)17-8-10(16)7-9-5-4-6-11(15)12(9)14/h4-6,10H,7-8,16H2,1-3H3. The van der Waals surface area contributed by atoms with Crippen LogP contribution >= 0.6 is 23.4 Å². The zero-order chi connectivity index (χ0) is 13.1. The van der Waals surface area contributed by atoms with Crippen molar-refractivity contribution in [3.8, 4) is 0 Å². The fourth-order valence-electron chi connectivity index (χ4n) is 1.40. The maximum Gasteiger partial charge on any atom is 0.142 e. The van der Waals surface area contributed by atoms with Crippen LogP contribution in [0.15, 0.2) is 18.2 Å². The molecule has 1 nitrogen and oxygen atoms in total. The Bertz CT molecular complexity index is 376. The van der Waals surface area contributed by atoms with E-state index in [1.807, 2.05) is 17.8 Å². The van der Waals surface area contributed by atoms with E-state index in [0.717, 1.165) is 11.3 Å². The number of thioether (sulfide) groups is 1. The van der Waals surface area contributed by atoms with Crippen molar-refractivity contribution in [2.24, 2.45) is 5.73 Å². The van der Waals surface area contributed by atoms with E-state index in [-0.39, 0.29) is 21.6 Å². The second kappa shape index (κ2) is 6.07. The fraction of sp³-hybridized carbons (Fsp3) is 0.538. The molecule has 0 fully saturated rings. The molecule has 0 bridgehead atoms. The first-order valence-electron chi connectivity index (χ1n) is 5.62. The molecule has 1 aromatic carbocycles. The number of benzene rings is 1. The van der Waals surface area contributed by atoms with Gasteiger partial charge in [0.1, 0.15) is 5.82 Å². The summed E-state index contributed by atoms with van der Waals surface area (Å²) in [5, 5.41) is 0.198. The van der Waals surface area contributed by atoms with Crippen molar-refractivity contribution in [1.82, 2.24) is 0 Å². The van der Waals surface area contributed by atoms with E-state index >= 15 is 0 Å². The number of halogens is 2. The Morgan fingerprint density at radius 1 is 1.41 bits per heavy atom. The Balaban J connectivity index is 2.56. The number of nitrogens with two attached hydrogens (primary N) is 1. The fourth-order valence-corrected chi connectivity index (χ4v) is 2.44. The molecule has 1 unspecified atom stereocenters. The maximum atomic E-state index is 13.2. The maximum absolute atomic E-state index is 13.2. The lowest BCUT2D eigenvalue weighted by Crippen LogP contribution is -2.28. The summed E-state index contributed by atoms with van der Waals surface area (Å²) >= 11 is 7.70. The Kier molecular flexibility index (Phi) is 5.29. The molecular weight excluding hydrogens is 257 g/mol. The van der Waals surface area contributed by atoms with Crippen LogP contribution < -0.4 is 5.73 Å². The summed E-state index contributed by atoms with van der Waals surface area (Å²) in [5.41, 5.74) is 6.82. The minimum Gasteiger partial charge on any atom is -0.327 e. The Labute approximate surface area is 112 Å². The average molecular weight is 276 g/mol. The summed E-state index contributed by atoms with van der Waals surface area (Å²) in [6.07, 6.45) is 0.611. The molecule has 96 valence electrons. The van der Waals surface area contributed by atoms with Crippen LogP contribution in [0.2, 0.25) is 5.02 Å². The predicted molar refractivity (Wildman–Crippen MR) is 75.3 cm³/mol. The molecular formula is C13H19ClFNS. The van der Waals surface area contributed by atoms with Gasteiger partial charge in [-0.3, -0.25) is 0 Å². The van der Waals surface area contributed by atoms with Gasteiger partial charge in [-0.1, -0.05) is 44.5 Å². The lowest BCUT2D eigenvalue weighted by atomic mass is 10.1. The third kappa shape index (κ3) is 5.28. The molecule has 0 aliphatic rings. The van der Waals surface area contributed by atoms with Crippen LogP contribution in [0.5, 0.6) is 0 Å². The molecule has 0 radical (unpaired) electrons. The van der Waals surface area contributed by atoms with Gasteiger partial charge in [0.25, 0.3) is 0 Å². The topological polar surface area (TPSA) is 26.0 Å². The van der Waals surface area contributed by atoms with Gasteiger partial charge < -0.3 is 5.73 Å². The normalized spacial score (nSPS) is 13.8. The van der Waals surface area contributed by atoms with E-state index in [9.17, 15) is 4.39 Å². The number of hydrogen-bond donors (Lipinski definition) is 1. The number of rotatable bonds is 4. The van der Waals surface area contributed by atoms with Gasteiger partial charge in [0, 0.05) is 16.5 Å². The van der Waals surface area contributed by atoms with E-state index in [1.54, 1.807) is 6.07 Å². The molecule has 1 rings (SSSR count). The molecule has 0 aliphatic carbocycles. The van der Waals surface area contributed by atoms with Crippen LogP contribution in [0.3, 0.4) is 0 Å². The summed E-state index contributed by atoms with van der Waals surface area (Å²) in [5.74, 6) is 0.468. The van der Waals surface area contributed by atoms with Crippen LogP contribution in [0.25, 0.3) is 0 Å². The molecule has 0 saturated carbocycles. The summed E-state index contributed by atoms with van der Waals surface area (Å²) in [7, 11) is 0. The van der Waals surface area contributed by atoms with E-state index in [2.05, 4.69) is 20.8 Å². The minimum absolute atomic E-state index is 0.00137. The lowest BCUT2D eigenvalue weighted by molar-refractivity contribution is 0.623. The first-order chi connectivity index (χ1) is 7.79. The average Bonchev–Trinajstić information content (AvgIpc) is 2.21. The van der Waals surface area contributed by atoms with Gasteiger partial charge in [0.15, 0.2) is 0 Å². The van der Waals surface area contributed by atoms with Crippen molar-refractivity contribution in [3.63, 3.8) is 0 Å². The van der Waals surface area contributed by atoms with Gasteiger partial charge in [-0.2, -0.15) is 11.8 Å². The second-order valence-electron chi connectivity index (χ2n) is 5.10. The highest BCUT2D eigenvalue weighted by atomic mass is 35.5. The zero-order valence-electron chi connectivity index (χ0n) is 10.5. The molecule has 0 spiro atoms. The van der Waals surface area contributed by atoms with E-state index in [4.69, 9.17) is 17.3 Å².